The van der Waals surface area contributed by atoms with Crippen LogP contribution in [-0.2, 0) is 9.53 Å². The van der Waals surface area contributed by atoms with Gasteiger partial charge in [-0.3, -0.25) is 4.79 Å². The SMILES string of the molecule is CC(C)(C)C1CCCN(C(=O)C2(CN)CCOCC2)CC1.Cl. The van der Waals surface area contributed by atoms with Crippen LogP contribution < -0.4 is 5.73 Å². The molecule has 1 atom stereocenters. The lowest BCUT2D eigenvalue weighted by molar-refractivity contribution is -0.147. The quantitative estimate of drug-likeness (QED) is 0.846. The molecule has 0 radical (unpaired) electrons. The largest absolute Gasteiger partial charge is 0.381 e. The summed E-state index contributed by atoms with van der Waals surface area (Å²) in [6.07, 6.45) is 5.02. The maximum absolute atomic E-state index is 13.0. The van der Waals surface area contributed by atoms with Crippen LogP contribution >= 0.6 is 12.4 Å². The number of hydrogen-bond donors (Lipinski definition) is 1. The highest BCUT2D eigenvalue weighted by molar-refractivity contribution is 5.85. The standard InChI is InChI=1S/C17H32N2O2.ClH/c1-16(2,3)14-5-4-9-19(10-6-14)15(20)17(13-18)7-11-21-12-8-17;/h14H,4-13,18H2,1-3H3;1H. The lowest BCUT2D eigenvalue weighted by Crippen LogP contribution is -2.51. The molecule has 1 unspecified atom stereocenters. The van der Waals surface area contributed by atoms with E-state index in [9.17, 15) is 4.79 Å². The molecule has 1 amide bonds. The number of nitrogens with two attached hydrogens (primary N) is 1. The maximum atomic E-state index is 13.0. The predicted molar refractivity (Wildman–Crippen MR) is 92.2 cm³/mol. The average Bonchev–Trinajstić information content (AvgIpc) is 2.72. The number of carbonyl (C=O) groups is 1. The zero-order valence-electron chi connectivity index (χ0n) is 14.4. The third-order valence-electron chi connectivity index (χ3n) is 5.53. The van der Waals surface area contributed by atoms with Gasteiger partial charge in [0.25, 0.3) is 0 Å². The molecular formula is C17H33ClN2O2. The van der Waals surface area contributed by atoms with E-state index in [1.807, 2.05) is 0 Å². The van der Waals surface area contributed by atoms with Gasteiger partial charge in [0.05, 0.1) is 5.41 Å². The minimum absolute atomic E-state index is 0. The number of hydrogen-bond acceptors (Lipinski definition) is 3. The molecule has 2 rings (SSSR count). The van der Waals surface area contributed by atoms with Gasteiger partial charge in [0.2, 0.25) is 5.91 Å². The first kappa shape index (κ1) is 19.7. The van der Waals surface area contributed by atoms with Gasteiger partial charge in [-0.15, -0.1) is 12.4 Å². The maximum Gasteiger partial charge on any atom is 0.230 e. The Balaban J connectivity index is 0.00000242. The van der Waals surface area contributed by atoms with Crippen LogP contribution in [0.25, 0.3) is 0 Å². The van der Waals surface area contributed by atoms with Crippen LogP contribution in [0.5, 0.6) is 0 Å². The van der Waals surface area contributed by atoms with Gasteiger partial charge in [0.1, 0.15) is 0 Å². The lowest BCUT2D eigenvalue weighted by Gasteiger charge is -2.38. The van der Waals surface area contributed by atoms with Crippen LogP contribution in [0, 0.1) is 16.7 Å². The van der Waals surface area contributed by atoms with Gasteiger partial charge in [-0.25, -0.2) is 0 Å². The van der Waals surface area contributed by atoms with E-state index in [-0.39, 0.29) is 23.7 Å². The molecule has 0 aromatic carbocycles. The molecule has 0 spiro atoms. The third kappa shape index (κ3) is 4.36. The number of carbonyl (C=O) groups excluding carboxylic acids is 1. The predicted octanol–water partition coefficient (Wildman–Crippen LogP) is 2.84. The Hall–Kier alpha value is -0.320. The fourth-order valence-electron chi connectivity index (χ4n) is 3.77. The Morgan fingerprint density at radius 3 is 2.41 bits per heavy atom. The zero-order valence-corrected chi connectivity index (χ0v) is 15.2. The summed E-state index contributed by atoms with van der Waals surface area (Å²) in [5.41, 5.74) is 5.95. The molecule has 0 saturated carbocycles. The smallest absolute Gasteiger partial charge is 0.230 e. The van der Waals surface area contributed by atoms with E-state index in [0.717, 1.165) is 38.8 Å². The van der Waals surface area contributed by atoms with Gasteiger partial charge in [-0.05, 0) is 43.4 Å². The van der Waals surface area contributed by atoms with Gasteiger partial charge in [0.15, 0.2) is 0 Å². The topological polar surface area (TPSA) is 55.6 Å². The molecule has 2 N–H and O–H groups in total. The van der Waals surface area contributed by atoms with Crippen molar-refractivity contribution in [2.45, 2.75) is 52.9 Å². The van der Waals surface area contributed by atoms with E-state index in [1.54, 1.807) is 0 Å². The zero-order chi connectivity index (χ0) is 15.5. The van der Waals surface area contributed by atoms with Gasteiger partial charge in [-0.2, -0.15) is 0 Å². The minimum atomic E-state index is -0.361. The van der Waals surface area contributed by atoms with Crippen LogP contribution in [0.2, 0.25) is 0 Å². The molecule has 2 aliphatic rings. The number of nitrogens with zero attached hydrogens (tertiary/aromatic N) is 1. The molecule has 2 heterocycles. The van der Waals surface area contributed by atoms with Crippen molar-refractivity contribution >= 4 is 18.3 Å². The van der Waals surface area contributed by atoms with Crippen molar-refractivity contribution in [1.82, 2.24) is 4.90 Å². The summed E-state index contributed by atoms with van der Waals surface area (Å²) in [7, 11) is 0. The van der Waals surface area contributed by atoms with E-state index in [1.165, 1.54) is 6.42 Å². The Morgan fingerprint density at radius 2 is 1.86 bits per heavy atom. The summed E-state index contributed by atoms with van der Waals surface area (Å²) in [4.78, 5) is 15.1. The van der Waals surface area contributed by atoms with E-state index in [2.05, 4.69) is 25.7 Å². The highest BCUT2D eigenvalue weighted by atomic mass is 35.5. The Morgan fingerprint density at radius 1 is 1.23 bits per heavy atom. The molecule has 0 aromatic heterocycles. The molecule has 2 aliphatic heterocycles. The van der Waals surface area contributed by atoms with E-state index in [0.29, 0.717) is 31.1 Å². The molecular weight excluding hydrogens is 300 g/mol. The van der Waals surface area contributed by atoms with Crippen LogP contribution in [0.15, 0.2) is 0 Å². The van der Waals surface area contributed by atoms with Crippen LogP contribution in [0.4, 0.5) is 0 Å². The summed E-state index contributed by atoms with van der Waals surface area (Å²) in [5, 5.41) is 0. The molecule has 5 heteroatoms. The number of likely N-dealkylation sites (tertiary alicyclic amines) is 1. The second kappa shape index (κ2) is 7.98. The number of amides is 1. The summed E-state index contributed by atoms with van der Waals surface area (Å²) in [6, 6.07) is 0. The van der Waals surface area contributed by atoms with Crippen LogP contribution in [0.1, 0.15) is 52.9 Å². The van der Waals surface area contributed by atoms with E-state index in [4.69, 9.17) is 10.5 Å². The average molecular weight is 333 g/mol. The molecule has 22 heavy (non-hydrogen) atoms. The molecule has 0 aromatic rings. The van der Waals surface area contributed by atoms with Gasteiger partial charge in [-0.1, -0.05) is 20.8 Å². The Bertz CT molecular complexity index is 362. The summed E-state index contributed by atoms with van der Waals surface area (Å²) in [6.45, 7) is 10.5. The normalized spacial score (nSPS) is 26.0. The molecule has 4 nitrogen and oxygen atoms in total. The Labute approximate surface area is 141 Å². The summed E-state index contributed by atoms with van der Waals surface area (Å²) in [5.74, 6) is 0.988. The monoisotopic (exact) mass is 332 g/mol. The fraction of sp³-hybridized carbons (Fsp3) is 0.941. The van der Waals surface area contributed by atoms with Crippen molar-refractivity contribution in [1.29, 1.82) is 0 Å². The van der Waals surface area contributed by atoms with Crippen molar-refractivity contribution in [3.8, 4) is 0 Å². The fourth-order valence-corrected chi connectivity index (χ4v) is 3.77. The van der Waals surface area contributed by atoms with Crippen molar-refractivity contribution in [3.05, 3.63) is 0 Å². The molecule has 2 fully saturated rings. The highest BCUT2D eigenvalue weighted by Gasteiger charge is 2.42. The van der Waals surface area contributed by atoms with E-state index >= 15 is 0 Å². The van der Waals surface area contributed by atoms with Gasteiger partial charge < -0.3 is 15.4 Å². The van der Waals surface area contributed by atoms with Crippen molar-refractivity contribution in [2.24, 2.45) is 22.5 Å². The second-order valence-electron chi connectivity index (χ2n) is 7.88. The van der Waals surface area contributed by atoms with Gasteiger partial charge in [0, 0.05) is 32.8 Å². The number of rotatable bonds is 2. The molecule has 130 valence electrons. The van der Waals surface area contributed by atoms with Crippen molar-refractivity contribution in [2.75, 3.05) is 32.8 Å². The molecule has 0 aliphatic carbocycles. The lowest BCUT2D eigenvalue weighted by atomic mass is 9.76. The van der Waals surface area contributed by atoms with Gasteiger partial charge >= 0.3 is 0 Å². The minimum Gasteiger partial charge on any atom is -0.381 e. The van der Waals surface area contributed by atoms with Crippen molar-refractivity contribution < 1.29 is 9.53 Å². The Kier molecular flexibility index (Phi) is 7.16. The third-order valence-corrected chi connectivity index (χ3v) is 5.53. The van der Waals surface area contributed by atoms with E-state index < -0.39 is 0 Å². The van der Waals surface area contributed by atoms with Crippen molar-refractivity contribution in [3.63, 3.8) is 0 Å². The highest BCUT2D eigenvalue weighted by Crippen LogP contribution is 2.36. The number of ether oxygens (including phenoxy) is 1. The first-order chi connectivity index (χ1) is 9.89. The second-order valence-corrected chi connectivity index (χ2v) is 7.88. The number of halogens is 1. The van der Waals surface area contributed by atoms with Crippen LogP contribution in [-0.4, -0.2) is 43.7 Å². The summed E-state index contributed by atoms with van der Waals surface area (Å²) >= 11 is 0. The molecule has 2 saturated heterocycles. The first-order valence-corrected chi connectivity index (χ1v) is 8.46. The first-order valence-electron chi connectivity index (χ1n) is 8.46. The summed E-state index contributed by atoms with van der Waals surface area (Å²) < 4.78 is 5.42. The molecule has 0 bridgehead atoms. The van der Waals surface area contributed by atoms with Crippen LogP contribution in [0.3, 0.4) is 0 Å².